The molecule has 0 spiro atoms. The summed E-state index contributed by atoms with van der Waals surface area (Å²) >= 11 is 5.94. The van der Waals surface area contributed by atoms with Crippen molar-refractivity contribution in [2.75, 3.05) is 18.4 Å². The van der Waals surface area contributed by atoms with Crippen molar-refractivity contribution in [2.45, 2.75) is 18.3 Å². The van der Waals surface area contributed by atoms with Crippen LogP contribution in [0.5, 0.6) is 0 Å². The van der Waals surface area contributed by atoms with Gasteiger partial charge in [-0.1, -0.05) is 48.0 Å². The Bertz CT molecular complexity index is 762. The van der Waals surface area contributed by atoms with E-state index in [-0.39, 0.29) is 6.03 Å². The molecule has 1 aliphatic rings. The van der Waals surface area contributed by atoms with Gasteiger partial charge in [-0.3, -0.25) is 0 Å². The fourth-order valence-electron chi connectivity index (χ4n) is 3.08. The molecule has 0 aromatic heterocycles. The average Bonchev–Trinajstić information content (AvgIpc) is 2.62. The molecule has 2 aromatic carbocycles. The van der Waals surface area contributed by atoms with Gasteiger partial charge in [-0.15, -0.1) is 0 Å². The third-order valence-electron chi connectivity index (χ3n) is 4.52. The highest BCUT2D eigenvalue weighted by atomic mass is 35.5. The largest absolute Gasteiger partial charge is 0.324 e. The number of halogens is 1. The van der Waals surface area contributed by atoms with Gasteiger partial charge >= 0.3 is 6.03 Å². The smallest absolute Gasteiger partial charge is 0.321 e. The zero-order valence-electron chi connectivity index (χ0n) is 13.2. The van der Waals surface area contributed by atoms with Crippen LogP contribution >= 0.6 is 11.6 Å². The van der Waals surface area contributed by atoms with Crippen LogP contribution in [-0.2, 0) is 5.41 Å². The van der Waals surface area contributed by atoms with Crippen LogP contribution in [0.25, 0.3) is 0 Å². The van der Waals surface area contributed by atoms with Gasteiger partial charge in [0.15, 0.2) is 0 Å². The summed E-state index contributed by atoms with van der Waals surface area (Å²) in [6, 6.07) is 19.2. The first-order valence-corrected chi connectivity index (χ1v) is 8.29. The number of piperidine rings is 1. The van der Waals surface area contributed by atoms with E-state index in [9.17, 15) is 10.1 Å². The van der Waals surface area contributed by atoms with Crippen molar-refractivity contribution >= 4 is 23.3 Å². The fraction of sp³-hybridized carbons (Fsp3) is 0.263. The van der Waals surface area contributed by atoms with E-state index in [0.29, 0.717) is 36.6 Å². The zero-order chi connectivity index (χ0) is 17.0. The predicted octanol–water partition coefficient (Wildman–Crippen LogP) is 4.43. The number of likely N-dealkylation sites (tertiary alicyclic amines) is 1. The van der Waals surface area contributed by atoms with E-state index in [2.05, 4.69) is 11.4 Å². The number of urea groups is 1. The van der Waals surface area contributed by atoms with E-state index in [4.69, 9.17) is 11.6 Å². The first kappa shape index (κ1) is 16.4. The molecule has 4 nitrogen and oxygen atoms in total. The van der Waals surface area contributed by atoms with E-state index >= 15 is 0 Å². The van der Waals surface area contributed by atoms with Crippen LogP contribution in [0.1, 0.15) is 18.4 Å². The second-order valence-electron chi connectivity index (χ2n) is 5.99. The maximum absolute atomic E-state index is 12.4. The molecule has 24 heavy (non-hydrogen) atoms. The third kappa shape index (κ3) is 3.37. The number of nitriles is 1. The second kappa shape index (κ2) is 6.94. The average molecular weight is 340 g/mol. The fourth-order valence-corrected chi connectivity index (χ4v) is 3.27. The maximum atomic E-state index is 12.4. The Morgan fingerprint density at radius 1 is 1.12 bits per heavy atom. The van der Waals surface area contributed by atoms with Crippen LogP contribution in [0, 0.1) is 11.3 Å². The molecule has 122 valence electrons. The maximum Gasteiger partial charge on any atom is 0.321 e. The number of nitrogens with zero attached hydrogens (tertiary/aromatic N) is 2. The number of benzene rings is 2. The number of carbonyl (C=O) groups is 1. The van der Waals surface area contributed by atoms with Gasteiger partial charge in [0.2, 0.25) is 0 Å². The highest BCUT2D eigenvalue weighted by molar-refractivity contribution is 6.30. The van der Waals surface area contributed by atoms with Crippen molar-refractivity contribution in [3.8, 4) is 6.07 Å². The molecule has 2 aromatic rings. The lowest BCUT2D eigenvalue weighted by Crippen LogP contribution is -2.46. The van der Waals surface area contributed by atoms with E-state index in [1.807, 2.05) is 30.3 Å². The molecule has 1 saturated heterocycles. The molecule has 1 aliphatic heterocycles. The lowest BCUT2D eigenvalue weighted by Gasteiger charge is -2.37. The van der Waals surface area contributed by atoms with Gasteiger partial charge in [-0.05, 0) is 36.6 Å². The summed E-state index contributed by atoms with van der Waals surface area (Å²) in [4.78, 5) is 14.2. The molecule has 0 radical (unpaired) electrons. The number of amides is 2. The Morgan fingerprint density at radius 2 is 1.83 bits per heavy atom. The Kier molecular flexibility index (Phi) is 4.73. The van der Waals surface area contributed by atoms with Crippen molar-refractivity contribution in [3.05, 3.63) is 65.2 Å². The number of hydrogen-bond acceptors (Lipinski definition) is 2. The molecule has 2 amide bonds. The Hall–Kier alpha value is -2.51. The molecule has 1 fully saturated rings. The summed E-state index contributed by atoms with van der Waals surface area (Å²) in [7, 11) is 0. The molecular weight excluding hydrogens is 322 g/mol. The normalized spacial score (nSPS) is 16.2. The monoisotopic (exact) mass is 339 g/mol. The standard InChI is InChI=1S/C19H18ClN3O/c20-16-7-4-8-17(13-16)22-18(24)23-11-9-19(14-21,10-12-23)15-5-2-1-3-6-15/h1-8,13H,9-12H2,(H,22,24). The number of rotatable bonds is 2. The van der Waals surface area contributed by atoms with Gasteiger partial charge < -0.3 is 10.2 Å². The predicted molar refractivity (Wildman–Crippen MR) is 95.0 cm³/mol. The Balaban J connectivity index is 1.66. The Labute approximate surface area is 146 Å². The van der Waals surface area contributed by atoms with Gasteiger partial charge in [0.1, 0.15) is 0 Å². The van der Waals surface area contributed by atoms with Crippen molar-refractivity contribution in [1.82, 2.24) is 4.90 Å². The number of hydrogen-bond donors (Lipinski definition) is 1. The van der Waals surface area contributed by atoms with Crippen LogP contribution in [0.2, 0.25) is 5.02 Å². The minimum absolute atomic E-state index is 0.156. The van der Waals surface area contributed by atoms with Gasteiger partial charge in [0.05, 0.1) is 11.5 Å². The summed E-state index contributed by atoms with van der Waals surface area (Å²) in [5.41, 5.74) is 1.20. The highest BCUT2D eigenvalue weighted by Crippen LogP contribution is 2.35. The second-order valence-corrected chi connectivity index (χ2v) is 6.42. The van der Waals surface area contributed by atoms with Gasteiger partial charge in [0, 0.05) is 23.8 Å². The molecular formula is C19H18ClN3O. The van der Waals surface area contributed by atoms with Crippen molar-refractivity contribution < 1.29 is 4.79 Å². The topological polar surface area (TPSA) is 56.1 Å². The van der Waals surface area contributed by atoms with E-state index in [1.54, 1.807) is 29.2 Å². The first-order chi connectivity index (χ1) is 11.6. The SMILES string of the molecule is N#CC1(c2ccccc2)CCN(C(=O)Nc2cccc(Cl)c2)CC1. The van der Waals surface area contributed by atoms with Crippen LogP contribution in [-0.4, -0.2) is 24.0 Å². The first-order valence-electron chi connectivity index (χ1n) is 7.91. The van der Waals surface area contributed by atoms with Crippen LogP contribution in [0.3, 0.4) is 0 Å². The molecule has 3 rings (SSSR count). The number of anilines is 1. The third-order valence-corrected chi connectivity index (χ3v) is 4.76. The van der Waals surface area contributed by atoms with Gasteiger partial charge in [-0.2, -0.15) is 5.26 Å². The summed E-state index contributed by atoms with van der Waals surface area (Å²) in [6.45, 7) is 1.10. The minimum atomic E-state index is -0.506. The summed E-state index contributed by atoms with van der Waals surface area (Å²) in [6.07, 6.45) is 1.27. The van der Waals surface area contributed by atoms with Gasteiger partial charge in [0.25, 0.3) is 0 Å². The van der Waals surface area contributed by atoms with E-state index in [0.717, 1.165) is 5.56 Å². The molecule has 0 aliphatic carbocycles. The molecule has 1 N–H and O–H groups in total. The van der Waals surface area contributed by atoms with E-state index in [1.165, 1.54) is 0 Å². The van der Waals surface area contributed by atoms with E-state index < -0.39 is 5.41 Å². The van der Waals surface area contributed by atoms with Crippen LogP contribution in [0.4, 0.5) is 10.5 Å². The summed E-state index contributed by atoms with van der Waals surface area (Å²) in [5.74, 6) is 0. The van der Waals surface area contributed by atoms with Crippen molar-refractivity contribution in [1.29, 1.82) is 5.26 Å². The molecule has 0 bridgehead atoms. The van der Waals surface area contributed by atoms with Crippen LogP contribution in [0.15, 0.2) is 54.6 Å². The van der Waals surface area contributed by atoms with Crippen molar-refractivity contribution in [3.63, 3.8) is 0 Å². The molecule has 0 saturated carbocycles. The lowest BCUT2D eigenvalue weighted by molar-refractivity contribution is 0.183. The Morgan fingerprint density at radius 3 is 2.46 bits per heavy atom. The minimum Gasteiger partial charge on any atom is -0.324 e. The number of nitrogens with one attached hydrogen (secondary N) is 1. The van der Waals surface area contributed by atoms with Crippen molar-refractivity contribution in [2.24, 2.45) is 0 Å². The molecule has 1 heterocycles. The summed E-state index contributed by atoms with van der Waals surface area (Å²) in [5, 5.41) is 13.1. The van der Waals surface area contributed by atoms with Gasteiger partial charge in [-0.25, -0.2) is 4.79 Å². The summed E-state index contributed by atoms with van der Waals surface area (Å²) < 4.78 is 0. The highest BCUT2D eigenvalue weighted by Gasteiger charge is 2.37. The zero-order valence-corrected chi connectivity index (χ0v) is 14.0. The molecule has 5 heteroatoms. The molecule has 0 atom stereocenters. The molecule has 0 unspecified atom stereocenters. The quantitative estimate of drug-likeness (QED) is 0.880. The lowest BCUT2D eigenvalue weighted by atomic mass is 9.74. The van der Waals surface area contributed by atoms with Crippen LogP contribution < -0.4 is 5.32 Å². The number of carbonyl (C=O) groups excluding carboxylic acids is 1.